The van der Waals surface area contributed by atoms with Crippen molar-refractivity contribution in [3.8, 4) is 11.5 Å². The summed E-state index contributed by atoms with van der Waals surface area (Å²) >= 11 is 9.74. The molecule has 0 radical (unpaired) electrons. The van der Waals surface area contributed by atoms with Gasteiger partial charge in [-0.2, -0.15) is 0 Å². The average molecular weight is 402 g/mol. The van der Waals surface area contributed by atoms with Crippen LogP contribution in [-0.2, 0) is 19.6 Å². The highest BCUT2D eigenvalue weighted by Crippen LogP contribution is 2.27. The molecule has 0 saturated heterocycles. The Kier molecular flexibility index (Phi) is 5.45. The zero-order valence-electron chi connectivity index (χ0n) is 13.8. The summed E-state index contributed by atoms with van der Waals surface area (Å²) in [7, 11) is 0. The Morgan fingerprint density at radius 3 is 2.15 bits per heavy atom. The zero-order valence-corrected chi connectivity index (χ0v) is 16.2. The summed E-state index contributed by atoms with van der Waals surface area (Å²) in [5.41, 5.74) is 0.760. The van der Waals surface area contributed by atoms with E-state index in [-0.39, 0.29) is 0 Å². The molecule has 0 fully saturated rings. The van der Waals surface area contributed by atoms with Gasteiger partial charge in [-0.15, -0.1) is 32.9 Å². The average Bonchev–Trinajstić information content (AvgIpc) is 3.38. The Morgan fingerprint density at radius 1 is 0.846 bits per heavy atom. The Hall–Kier alpha value is -1.99. The van der Waals surface area contributed by atoms with E-state index in [0.29, 0.717) is 23.3 Å². The van der Waals surface area contributed by atoms with Crippen LogP contribution in [0.25, 0.3) is 11.5 Å². The minimum absolute atomic E-state index is 0.456. The number of thiophene rings is 2. The fourth-order valence-corrected chi connectivity index (χ4v) is 4.37. The van der Waals surface area contributed by atoms with Gasteiger partial charge in [-0.25, -0.2) is 0 Å². The molecule has 4 rings (SSSR count). The highest BCUT2D eigenvalue weighted by Gasteiger charge is 2.16. The molecule has 7 heteroatoms. The molecule has 3 aromatic heterocycles. The van der Waals surface area contributed by atoms with Crippen LogP contribution in [0.15, 0.2) is 63.7 Å². The van der Waals surface area contributed by atoms with E-state index >= 15 is 0 Å². The van der Waals surface area contributed by atoms with Gasteiger partial charge in [0.1, 0.15) is 0 Å². The number of rotatable bonds is 7. The second kappa shape index (κ2) is 8.14. The normalized spacial score (nSPS) is 11.3. The van der Waals surface area contributed by atoms with E-state index in [9.17, 15) is 0 Å². The quantitative estimate of drug-likeness (QED) is 0.397. The van der Waals surface area contributed by atoms with Crippen molar-refractivity contribution in [1.29, 1.82) is 0 Å². The van der Waals surface area contributed by atoms with E-state index in [1.807, 2.05) is 24.3 Å². The molecule has 1 aromatic carbocycles. The highest BCUT2D eigenvalue weighted by atomic mass is 35.5. The molecule has 132 valence electrons. The molecule has 0 amide bonds. The van der Waals surface area contributed by atoms with Crippen LogP contribution in [0.5, 0.6) is 0 Å². The first-order valence-electron chi connectivity index (χ1n) is 8.12. The first-order valence-corrected chi connectivity index (χ1v) is 10.3. The number of benzene rings is 1. The van der Waals surface area contributed by atoms with Crippen LogP contribution in [-0.4, -0.2) is 15.1 Å². The summed E-state index contributed by atoms with van der Waals surface area (Å²) in [6.07, 6.45) is 0. The number of halogens is 1. The van der Waals surface area contributed by atoms with Crippen molar-refractivity contribution in [3.63, 3.8) is 0 Å². The molecular weight excluding hydrogens is 386 g/mol. The van der Waals surface area contributed by atoms with Crippen molar-refractivity contribution in [2.45, 2.75) is 19.6 Å². The molecule has 0 aliphatic rings. The Morgan fingerprint density at radius 2 is 1.54 bits per heavy atom. The molecule has 0 N–H and O–H groups in total. The molecule has 0 unspecified atom stereocenters. The van der Waals surface area contributed by atoms with Gasteiger partial charge in [0.2, 0.25) is 11.8 Å². The van der Waals surface area contributed by atoms with Gasteiger partial charge in [0.15, 0.2) is 0 Å². The number of hydrogen-bond acceptors (Lipinski definition) is 6. The second-order valence-electron chi connectivity index (χ2n) is 5.78. The van der Waals surface area contributed by atoms with Crippen molar-refractivity contribution in [2.75, 3.05) is 0 Å². The minimum atomic E-state index is 0.456. The maximum absolute atomic E-state index is 6.23. The van der Waals surface area contributed by atoms with Gasteiger partial charge >= 0.3 is 0 Å². The lowest BCUT2D eigenvalue weighted by molar-refractivity contribution is 0.227. The van der Waals surface area contributed by atoms with Crippen LogP contribution < -0.4 is 0 Å². The van der Waals surface area contributed by atoms with E-state index in [1.165, 1.54) is 9.75 Å². The Labute approximate surface area is 164 Å². The van der Waals surface area contributed by atoms with Gasteiger partial charge in [0.25, 0.3) is 0 Å². The predicted octanol–water partition coefficient (Wildman–Crippen LogP) is 5.72. The van der Waals surface area contributed by atoms with Crippen LogP contribution in [0.2, 0.25) is 5.02 Å². The third kappa shape index (κ3) is 4.22. The molecule has 26 heavy (non-hydrogen) atoms. The lowest BCUT2D eigenvalue weighted by Crippen LogP contribution is -2.21. The summed E-state index contributed by atoms with van der Waals surface area (Å²) in [6.45, 7) is 2.28. The topological polar surface area (TPSA) is 42.2 Å². The molecule has 0 aliphatic heterocycles. The molecule has 4 aromatic rings. The lowest BCUT2D eigenvalue weighted by atomic mass is 10.2. The molecular formula is C19H16ClN3OS2. The zero-order chi connectivity index (χ0) is 17.8. The van der Waals surface area contributed by atoms with Crippen molar-refractivity contribution in [1.82, 2.24) is 15.1 Å². The van der Waals surface area contributed by atoms with E-state index in [4.69, 9.17) is 16.0 Å². The third-order valence-corrected chi connectivity index (χ3v) is 5.90. The van der Waals surface area contributed by atoms with Gasteiger partial charge in [0.05, 0.1) is 17.1 Å². The van der Waals surface area contributed by atoms with Gasteiger partial charge in [-0.3, -0.25) is 4.90 Å². The SMILES string of the molecule is Clc1ccccc1-c1nnc(CN(Cc2cccs2)Cc2cccs2)o1. The summed E-state index contributed by atoms with van der Waals surface area (Å²) < 4.78 is 5.88. The minimum Gasteiger partial charge on any atom is -0.419 e. The first-order chi connectivity index (χ1) is 12.8. The molecule has 4 nitrogen and oxygen atoms in total. The maximum atomic E-state index is 6.23. The van der Waals surface area contributed by atoms with E-state index in [2.05, 4.69) is 50.1 Å². The number of hydrogen-bond donors (Lipinski definition) is 0. The Balaban J connectivity index is 1.52. The van der Waals surface area contributed by atoms with E-state index in [1.54, 1.807) is 22.7 Å². The molecule has 0 spiro atoms. The maximum Gasteiger partial charge on any atom is 0.249 e. The number of nitrogens with zero attached hydrogens (tertiary/aromatic N) is 3. The van der Waals surface area contributed by atoms with Crippen LogP contribution >= 0.6 is 34.3 Å². The van der Waals surface area contributed by atoms with E-state index < -0.39 is 0 Å². The smallest absolute Gasteiger partial charge is 0.249 e. The first kappa shape index (κ1) is 17.4. The molecule has 0 saturated carbocycles. The van der Waals surface area contributed by atoms with Gasteiger partial charge < -0.3 is 4.42 Å². The van der Waals surface area contributed by atoms with Crippen molar-refractivity contribution in [2.24, 2.45) is 0 Å². The molecule has 0 bridgehead atoms. The largest absolute Gasteiger partial charge is 0.419 e. The fraction of sp³-hybridized carbons (Fsp3) is 0.158. The van der Waals surface area contributed by atoms with Gasteiger partial charge in [-0.05, 0) is 35.0 Å². The number of aromatic nitrogens is 2. The summed E-state index contributed by atoms with van der Waals surface area (Å²) in [5.74, 6) is 1.05. The standard InChI is InChI=1S/C19H16ClN3OS2/c20-17-8-2-1-7-16(17)19-22-21-18(24-19)13-23(11-14-5-3-9-25-14)12-15-6-4-10-26-15/h1-10H,11-13H2. The third-order valence-electron chi connectivity index (χ3n) is 3.85. The van der Waals surface area contributed by atoms with E-state index in [0.717, 1.165) is 18.7 Å². The van der Waals surface area contributed by atoms with Crippen LogP contribution in [0.4, 0.5) is 0 Å². The summed E-state index contributed by atoms with van der Waals surface area (Å²) in [5, 5.41) is 13.2. The highest BCUT2D eigenvalue weighted by molar-refractivity contribution is 7.10. The van der Waals surface area contributed by atoms with Crippen LogP contribution in [0.1, 0.15) is 15.6 Å². The predicted molar refractivity (Wildman–Crippen MR) is 106 cm³/mol. The van der Waals surface area contributed by atoms with Crippen molar-refractivity contribution < 1.29 is 4.42 Å². The van der Waals surface area contributed by atoms with Crippen LogP contribution in [0, 0.1) is 0 Å². The molecule has 3 heterocycles. The van der Waals surface area contributed by atoms with Crippen molar-refractivity contribution >= 4 is 34.3 Å². The molecule has 0 aliphatic carbocycles. The lowest BCUT2D eigenvalue weighted by Gasteiger charge is -2.18. The fourth-order valence-electron chi connectivity index (χ4n) is 2.67. The Bertz CT molecular complexity index is 915. The monoisotopic (exact) mass is 401 g/mol. The van der Waals surface area contributed by atoms with Crippen molar-refractivity contribution in [3.05, 3.63) is 80.0 Å². The molecule has 0 atom stereocenters. The second-order valence-corrected chi connectivity index (χ2v) is 8.26. The summed E-state index contributed by atoms with van der Waals surface area (Å²) in [6, 6.07) is 15.9. The van der Waals surface area contributed by atoms with Gasteiger partial charge in [0, 0.05) is 22.8 Å². The van der Waals surface area contributed by atoms with Gasteiger partial charge in [-0.1, -0.05) is 35.9 Å². The van der Waals surface area contributed by atoms with Crippen LogP contribution in [0.3, 0.4) is 0 Å². The summed E-state index contributed by atoms with van der Waals surface area (Å²) in [4.78, 5) is 4.93.